The van der Waals surface area contributed by atoms with E-state index in [1.165, 1.54) is 19.9 Å². The molecule has 0 aliphatic heterocycles. The molecule has 7 heteroatoms. The first-order valence-electron chi connectivity index (χ1n) is 4.28. The number of aliphatic carboxylic acids is 2. The summed E-state index contributed by atoms with van der Waals surface area (Å²) in [7, 11) is 0. The molecule has 7 nitrogen and oxygen atoms in total. The third-order valence-electron chi connectivity index (χ3n) is 1.77. The lowest BCUT2D eigenvalue weighted by molar-refractivity contribution is -0.176. The van der Waals surface area contributed by atoms with Gasteiger partial charge in [-0.05, 0) is 13.8 Å². The molecule has 2 atom stereocenters. The summed E-state index contributed by atoms with van der Waals surface area (Å²) in [4.78, 5) is 32.1. The molecule has 90 valence electrons. The van der Waals surface area contributed by atoms with Crippen molar-refractivity contribution in [2.24, 2.45) is 0 Å². The Morgan fingerprint density at radius 2 is 1.69 bits per heavy atom. The number of hydrogen-bond acceptors (Lipinski definition) is 5. The summed E-state index contributed by atoms with van der Waals surface area (Å²) in [6.07, 6.45) is -3.06. The van der Waals surface area contributed by atoms with Gasteiger partial charge in [-0.15, -0.1) is 0 Å². The third-order valence-corrected chi connectivity index (χ3v) is 1.77. The molecule has 0 fully saturated rings. The van der Waals surface area contributed by atoms with Crippen LogP contribution >= 0.6 is 0 Å². The molecule has 0 aromatic rings. The number of carbonyl (C=O) groups excluding carboxylic acids is 1. The van der Waals surface area contributed by atoms with Crippen molar-refractivity contribution in [3.8, 4) is 0 Å². The summed E-state index contributed by atoms with van der Waals surface area (Å²) in [6.45, 7) is 2.90. The van der Waals surface area contributed by atoms with E-state index in [-0.39, 0.29) is 5.57 Å². The average Bonchev–Trinajstić information content (AvgIpc) is 2.22. The van der Waals surface area contributed by atoms with E-state index in [0.717, 1.165) is 0 Å². The minimum absolute atomic E-state index is 0.115. The number of ether oxygens (including phenoxy) is 1. The molecular formula is C9H12O7. The molecule has 0 aromatic heterocycles. The molecular weight excluding hydrogens is 220 g/mol. The number of carboxylic acids is 2. The Labute approximate surface area is 90.9 Å². The smallest absolute Gasteiger partial charge is 0.348 e. The maximum atomic E-state index is 11.2. The van der Waals surface area contributed by atoms with Crippen molar-refractivity contribution in [2.75, 3.05) is 0 Å². The summed E-state index contributed by atoms with van der Waals surface area (Å²) < 4.78 is 4.35. The highest BCUT2D eigenvalue weighted by atomic mass is 16.6. The van der Waals surface area contributed by atoms with E-state index < -0.39 is 30.1 Å². The number of aliphatic hydroxyl groups is 1. The average molecular weight is 232 g/mol. The number of esters is 1. The molecule has 2 unspecified atom stereocenters. The molecule has 0 radical (unpaired) electrons. The Morgan fingerprint density at radius 1 is 1.19 bits per heavy atom. The van der Waals surface area contributed by atoms with E-state index in [0.29, 0.717) is 0 Å². The molecule has 0 spiro atoms. The third kappa shape index (κ3) is 3.70. The van der Waals surface area contributed by atoms with Gasteiger partial charge in [-0.3, -0.25) is 0 Å². The van der Waals surface area contributed by atoms with Crippen LogP contribution in [0.5, 0.6) is 0 Å². The lowest BCUT2D eigenvalue weighted by Crippen LogP contribution is -2.43. The topological polar surface area (TPSA) is 121 Å². The van der Waals surface area contributed by atoms with Crippen LogP contribution < -0.4 is 0 Å². The van der Waals surface area contributed by atoms with Gasteiger partial charge in [0, 0.05) is 5.57 Å². The number of hydrogen-bond donors (Lipinski definition) is 3. The Bertz CT molecular complexity index is 331. The Balaban J connectivity index is 4.78. The molecule has 0 amide bonds. The van der Waals surface area contributed by atoms with E-state index in [1.54, 1.807) is 0 Å². The van der Waals surface area contributed by atoms with Crippen LogP contribution in [-0.4, -0.2) is 45.4 Å². The second-order valence-electron chi connectivity index (χ2n) is 2.92. The maximum absolute atomic E-state index is 11.2. The number of carbonyl (C=O) groups is 3. The number of aliphatic hydroxyl groups excluding tert-OH is 1. The quantitative estimate of drug-likeness (QED) is 0.427. The van der Waals surface area contributed by atoms with Crippen LogP contribution in [0.2, 0.25) is 0 Å². The van der Waals surface area contributed by atoms with Gasteiger partial charge >= 0.3 is 17.9 Å². The van der Waals surface area contributed by atoms with Crippen LogP contribution in [0.15, 0.2) is 11.6 Å². The van der Waals surface area contributed by atoms with Gasteiger partial charge in [0.05, 0.1) is 0 Å². The molecule has 16 heavy (non-hydrogen) atoms. The molecule has 0 aromatic carbocycles. The molecule has 0 bridgehead atoms. The first kappa shape index (κ1) is 14.1. The Morgan fingerprint density at radius 3 is 2.00 bits per heavy atom. The Kier molecular flexibility index (Phi) is 5.17. The number of allylic oxidation sites excluding steroid dienone is 1. The highest BCUT2D eigenvalue weighted by molar-refractivity contribution is 5.91. The summed E-state index contributed by atoms with van der Waals surface area (Å²) in [5.41, 5.74) is 0.115. The highest BCUT2D eigenvalue weighted by Gasteiger charge is 2.35. The fraction of sp³-hybridized carbons (Fsp3) is 0.444. The van der Waals surface area contributed by atoms with Crippen molar-refractivity contribution in [3.63, 3.8) is 0 Å². The molecule has 0 rings (SSSR count). The van der Waals surface area contributed by atoms with Crippen LogP contribution in [0.3, 0.4) is 0 Å². The van der Waals surface area contributed by atoms with E-state index in [4.69, 9.17) is 15.3 Å². The van der Waals surface area contributed by atoms with Crippen molar-refractivity contribution >= 4 is 17.9 Å². The second-order valence-corrected chi connectivity index (χ2v) is 2.92. The van der Waals surface area contributed by atoms with Gasteiger partial charge in [0.15, 0.2) is 6.10 Å². The molecule has 0 saturated heterocycles. The first-order chi connectivity index (χ1) is 7.31. The van der Waals surface area contributed by atoms with Gasteiger partial charge in [-0.2, -0.15) is 0 Å². The minimum atomic E-state index is -2.30. The fourth-order valence-corrected chi connectivity index (χ4v) is 0.706. The SMILES string of the molecule is CC=C(C)C(=O)OC(C(=O)O)C(O)C(=O)O. The molecule has 0 aliphatic carbocycles. The largest absolute Gasteiger partial charge is 0.479 e. The summed E-state index contributed by atoms with van der Waals surface area (Å²) in [6, 6.07) is 0. The zero-order chi connectivity index (χ0) is 12.9. The van der Waals surface area contributed by atoms with E-state index in [9.17, 15) is 14.4 Å². The van der Waals surface area contributed by atoms with Crippen molar-refractivity contribution < 1.29 is 34.4 Å². The van der Waals surface area contributed by atoms with E-state index in [1.807, 2.05) is 0 Å². The predicted octanol–water partition coefficient (Wildman–Crippen LogP) is -0.605. The van der Waals surface area contributed by atoms with Crippen molar-refractivity contribution in [1.29, 1.82) is 0 Å². The van der Waals surface area contributed by atoms with E-state index >= 15 is 0 Å². The van der Waals surface area contributed by atoms with Crippen LogP contribution in [0, 0.1) is 0 Å². The van der Waals surface area contributed by atoms with Crippen LogP contribution in [0.1, 0.15) is 13.8 Å². The second kappa shape index (κ2) is 5.86. The molecule has 0 heterocycles. The maximum Gasteiger partial charge on any atom is 0.348 e. The van der Waals surface area contributed by atoms with Gasteiger partial charge in [-0.1, -0.05) is 6.08 Å². The van der Waals surface area contributed by atoms with Crippen LogP contribution in [0.4, 0.5) is 0 Å². The molecule has 0 saturated carbocycles. The van der Waals surface area contributed by atoms with Gasteiger partial charge in [0.1, 0.15) is 0 Å². The van der Waals surface area contributed by atoms with Crippen molar-refractivity contribution in [3.05, 3.63) is 11.6 Å². The zero-order valence-corrected chi connectivity index (χ0v) is 8.71. The standard InChI is InChI=1S/C9H12O7/c1-3-4(2)9(15)16-6(8(13)14)5(10)7(11)12/h3,5-6,10H,1-2H3,(H,11,12)(H,13,14). The number of carboxylic acid groups (broad SMARTS) is 2. The summed E-state index contributed by atoms with van der Waals surface area (Å²) in [5.74, 6) is -4.50. The van der Waals surface area contributed by atoms with Crippen molar-refractivity contribution in [2.45, 2.75) is 26.1 Å². The van der Waals surface area contributed by atoms with Gasteiger partial charge in [0.2, 0.25) is 6.10 Å². The first-order valence-corrected chi connectivity index (χ1v) is 4.28. The van der Waals surface area contributed by atoms with Gasteiger partial charge in [0.25, 0.3) is 0 Å². The van der Waals surface area contributed by atoms with Crippen molar-refractivity contribution in [1.82, 2.24) is 0 Å². The normalized spacial score (nSPS) is 15.1. The van der Waals surface area contributed by atoms with E-state index in [2.05, 4.69) is 4.74 Å². The lowest BCUT2D eigenvalue weighted by atomic mass is 10.2. The number of rotatable bonds is 5. The molecule has 3 N–H and O–H groups in total. The monoisotopic (exact) mass is 232 g/mol. The fourth-order valence-electron chi connectivity index (χ4n) is 0.706. The summed E-state index contributed by atoms with van der Waals surface area (Å²) in [5, 5.41) is 25.9. The zero-order valence-electron chi connectivity index (χ0n) is 8.71. The highest BCUT2D eigenvalue weighted by Crippen LogP contribution is 2.05. The van der Waals surface area contributed by atoms with Gasteiger partial charge in [-0.25, -0.2) is 14.4 Å². The summed E-state index contributed by atoms with van der Waals surface area (Å²) >= 11 is 0. The predicted molar refractivity (Wildman–Crippen MR) is 50.6 cm³/mol. The minimum Gasteiger partial charge on any atom is -0.479 e. The molecule has 0 aliphatic rings. The lowest BCUT2D eigenvalue weighted by Gasteiger charge is -2.16. The Hall–Kier alpha value is -1.89. The van der Waals surface area contributed by atoms with Crippen LogP contribution in [0.25, 0.3) is 0 Å². The van der Waals surface area contributed by atoms with Gasteiger partial charge < -0.3 is 20.1 Å². The van der Waals surface area contributed by atoms with Crippen LogP contribution in [-0.2, 0) is 19.1 Å².